The van der Waals surface area contributed by atoms with Crippen LogP contribution in [0.4, 0.5) is 0 Å². The van der Waals surface area contributed by atoms with Gasteiger partial charge in [0.05, 0.1) is 11.8 Å². The first kappa shape index (κ1) is 15.1. The maximum Gasteiger partial charge on any atom is 0.259 e. The van der Waals surface area contributed by atoms with Crippen molar-refractivity contribution in [1.29, 1.82) is 0 Å². The molecule has 0 aromatic carbocycles. The molecule has 3 rings (SSSR count). The van der Waals surface area contributed by atoms with Crippen molar-refractivity contribution in [2.75, 3.05) is 5.75 Å². The molecule has 2 bridgehead atoms. The molecule has 4 nitrogen and oxygen atoms in total. The van der Waals surface area contributed by atoms with Crippen molar-refractivity contribution in [3.05, 3.63) is 12.2 Å². The molecule has 118 valence electrons. The number of hydrogen-bond donors (Lipinski definition) is 0. The van der Waals surface area contributed by atoms with E-state index in [1.54, 1.807) is 6.08 Å². The predicted octanol–water partition coefficient (Wildman–Crippen LogP) is 2.71. The summed E-state index contributed by atoms with van der Waals surface area (Å²) in [6.07, 6.45) is 7.91. The number of unbranched alkanes of at least 4 members (excludes halogenated alkanes) is 1. The maximum atomic E-state index is 12.6. The van der Waals surface area contributed by atoms with Crippen LogP contribution in [0.3, 0.4) is 0 Å². The Labute approximate surface area is 127 Å². The highest BCUT2D eigenvalue weighted by atomic mass is 32.2. The Morgan fingerprint density at radius 1 is 1.38 bits per heavy atom. The zero-order chi connectivity index (χ0) is 15.5. The molecule has 3 atom stereocenters. The van der Waals surface area contributed by atoms with Crippen LogP contribution in [-0.2, 0) is 14.8 Å². The third-order valence-corrected chi connectivity index (χ3v) is 8.26. The number of allylic oxidation sites excluding steroid dienone is 1. The minimum atomic E-state index is -3.47. The third kappa shape index (κ3) is 1.85. The quantitative estimate of drug-likeness (QED) is 0.753. The van der Waals surface area contributed by atoms with Gasteiger partial charge < -0.3 is 0 Å². The first-order valence-electron chi connectivity index (χ1n) is 7.99. The molecule has 0 aromatic rings. The van der Waals surface area contributed by atoms with Crippen LogP contribution in [0.25, 0.3) is 0 Å². The second kappa shape index (κ2) is 4.58. The topological polar surface area (TPSA) is 54.5 Å². The van der Waals surface area contributed by atoms with Crippen molar-refractivity contribution in [2.45, 2.75) is 58.9 Å². The van der Waals surface area contributed by atoms with Crippen LogP contribution in [0.15, 0.2) is 12.2 Å². The Morgan fingerprint density at radius 3 is 2.71 bits per heavy atom. The van der Waals surface area contributed by atoms with Crippen molar-refractivity contribution in [1.82, 2.24) is 4.31 Å². The van der Waals surface area contributed by atoms with Gasteiger partial charge in [-0.05, 0) is 37.0 Å². The van der Waals surface area contributed by atoms with E-state index in [9.17, 15) is 13.2 Å². The summed E-state index contributed by atoms with van der Waals surface area (Å²) in [5.41, 5.74) is -0.197. The number of rotatable bonds is 3. The Kier molecular flexibility index (Phi) is 3.28. The first-order chi connectivity index (χ1) is 9.76. The number of sulfonamides is 1. The van der Waals surface area contributed by atoms with Crippen molar-refractivity contribution in [2.24, 2.45) is 16.7 Å². The fourth-order valence-corrected chi connectivity index (χ4v) is 7.51. The summed E-state index contributed by atoms with van der Waals surface area (Å²) in [4.78, 5) is 12.4. The van der Waals surface area contributed by atoms with E-state index in [-0.39, 0.29) is 28.5 Å². The van der Waals surface area contributed by atoms with Crippen molar-refractivity contribution in [3.8, 4) is 0 Å². The van der Waals surface area contributed by atoms with Crippen LogP contribution in [0.5, 0.6) is 0 Å². The van der Waals surface area contributed by atoms with Gasteiger partial charge in [0.2, 0.25) is 10.0 Å². The molecule has 1 saturated heterocycles. The zero-order valence-electron chi connectivity index (χ0n) is 13.1. The van der Waals surface area contributed by atoms with E-state index in [4.69, 9.17) is 0 Å². The molecule has 1 aliphatic heterocycles. The van der Waals surface area contributed by atoms with E-state index < -0.39 is 10.0 Å². The summed E-state index contributed by atoms with van der Waals surface area (Å²) in [7, 11) is -3.47. The van der Waals surface area contributed by atoms with E-state index >= 15 is 0 Å². The summed E-state index contributed by atoms with van der Waals surface area (Å²) >= 11 is 0. The van der Waals surface area contributed by atoms with E-state index in [0.29, 0.717) is 5.92 Å². The molecule has 1 amide bonds. The SMILES string of the molecule is CCC/C=C/C(=O)N1[C@@H]2C[C@H]3CC[C@]2(CS1(=O)=O)C3(C)C. The standard InChI is InChI=1S/C16H25NO3S/c1-4-5-6-7-14(18)17-13-10-12-8-9-16(13,15(12,2)3)11-21(17,19)20/h6-7,12-13H,4-5,8-11H2,1-3H3/b7-6+/t12-,13-,16-/m1/s1. The molecule has 0 unspecified atom stereocenters. The van der Waals surface area contributed by atoms with Gasteiger partial charge >= 0.3 is 0 Å². The van der Waals surface area contributed by atoms with Gasteiger partial charge in [0.1, 0.15) is 0 Å². The number of fused-ring (bicyclic) bond motifs is 1. The highest BCUT2D eigenvalue weighted by Gasteiger charge is 2.72. The molecule has 0 N–H and O–H groups in total. The second-order valence-electron chi connectivity index (χ2n) is 7.45. The monoisotopic (exact) mass is 311 g/mol. The lowest BCUT2D eigenvalue weighted by Crippen LogP contribution is -2.43. The summed E-state index contributed by atoms with van der Waals surface area (Å²) in [5.74, 6) is 0.364. The van der Waals surface area contributed by atoms with E-state index in [0.717, 1.165) is 32.1 Å². The van der Waals surface area contributed by atoms with Gasteiger partial charge in [-0.1, -0.05) is 33.3 Å². The number of carbonyl (C=O) groups is 1. The Bertz CT molecular complexity index is 593. The average Bonchev–Trinajstić information content (AvgIpc) is 2.85. The molecular weight excluding hydrogens is 286 g/mol. The number of nitrogens with zero attached hydrogens (tertiary/aromatic N) is 1. The summed E-state index contributed by atoms with van der Waals surface area (Å²) in [6, 6.07) is -0.116. The smallest absolute Gasteiger partial charge is 0.259 e. The molecule has 2 aliphatic carbocycles. The summed E-state index contributed by atoms with van der Waals surface area (Å²) < 4.78 is 26.4. The van der Waals surface area contributed by atoms with Gasteiger partial charge in [-0.15, -0.1) is 0 Å². The number of amides is 1. The Balaban J connectivity index is 1.95. The predicted molar refractivity (Wildman–Crippen MR) is 82.0 cm³/mol. The van der Waals surface area contributed by atoms with Crippen LogP contribution < -0.4 is 0 Å². The maximum absolute atomic E-state index is 12.6. The van der Waals surface area contributed by atoms with Crippen LogP contribution in [0.1, 0.15) is 52.9 Å². The van der Waals surface area contributed by atoms with Crippen LogP contribution in [-0.4, -0.2) is 30.4 Å². The second-order valence-corrected chi connectivity index (χ2v) is 9.29. The van der Waals surface area contributed by atoms with Gasteiger partial charge in [0.15, 0.2) is 0 Å². The van der Waals surface area contributed by atoms with Crippen LogP contribution in [0, 0.1) is 16.7 Å². The lowest BCUT2D eigenvalue weighted by atomic mass is 9.69. The third-order valence-electron chi connectivity index (χ3n) is 6.34. The van der Waals surface area contributed by atoms with Crippen LogP contribution in [0.2, 0.25) is 0 Å². The molecule has 1 spiro atoms. The minimum absolute atomic E-state index is 0.0207. The highest BCUT2D eigenvalue weighted by molar-refractivity contribution is 7.90. The molecule has 3 fully saturated rings. The van der Waals surface area contributed by atoms with Gasteiger partial charge in [-0.2, -0.15) is 0 Å². The van der Waals surface area contributed by atoms with Gasteiger partial charge in [-0.25, -0.2) is 12.7 Å². The zero-order valence-corrected chi connectivity index (χ0v) is 13.9. The molecular formula is C16H25NO3S. The largest absolute Gasteiger partial charge is 0.269 e. The Hall–Kier alpha value is -0.840. The molecule has 21 heavy (non-hydrogen) atoms. The van der Waals surface area contributed by atoms with E-state index in [1.165, 1.54) is 10.4 Å². The summed E-state index contributed by atoms with van der Waals surface area (Å²) in [6.45, 7) is 6.43. The van der Waals surface area contributed by atoms with Crippen molar-refractivity contribution in [3.63, 3.8) is 0 Å². The fraction of sp³-hybridized carbons (Fsp3) is 0.812. The Morgan fingerprint density at radius 2 is 2.10 bits per heavy atom. The molecule has 2 saturated carbocycles. The molecule has 0 aromatic heterocycles. The highest BCUT2D eigenvalue weighted by Crippen LogP contribution is 2.69. The molecule has 5 heteroatoms. The summed E-state index contributed by atoms with van der Waals surface area (Å²) in [5, 5.41) is 0. The first-order valence-corrected chi connectivity index (χ1v) is 9.60. The number of carbonyl (C=O) groups excluding carboxylic acids is 1. The molecule has 0 radical (unpaired) electrons. The van der Waals surface area contributed by atoms with E-state index in [1.807, 2.05) is 6.92 Å². The lowest BCUT2D eigenvalue weighted by Gasteiger charge is -2.36. The van der Waals surface area contributed by atoms with Crippen molar-refractivity contribution >= 4 is 15.9 Å². The molecule has 1 heterocycles. The fourth-order valence-electron chi connectivity index (χ4n) is 5.00. The molecule has 3 aliphatic rings. The van der Waals surface area contributed by atoms with Gasteiger partial charge in [0.25, 0.3) is 5.91 Å². The van der Waals surface area contributed by atoms with Gasteiger partial charge in [-0.3, -0.25) is 4.79 Å². The minimum Gasteiger partial charge on any atom is -0.269 e. The van der Waals surface area contributed by atoms with Gasteiger partial charge in [0, 0.05) is 11.5 Å². The number of hydrogen-bond acceptors (Lipinski definition) is 3. The normalized spacial score (nSPS) is 39.1. The van der Waals surface area contributed by atoms with Crippen LogP contribution >= 0.6 is 0 Å². The average molecular weight is 311 g/mol. The lowest BCUT2D eigenvalue weighted by molar-refractivity contribution is -0.124. The van der Waals surface area contributed by atoms with E-state index in [2.05, 4.69) is 13.8 Å². The van der Waals surface area contributed by atoms with Crippen molar-refractivity contribution < 1.29 is 13.2 Å².